The van der Waals surface area contributed by atoms with E-state index in [0.717, 1.165) is 11.6 Å². The van der Waals surface area contributed by atoms with Gasteiger partial charge in [0, 0.05) is 32.5 Å². The maximum atomic E-state index is 12.0. The van der Waals surface area contributed by atoms with Crippen LogP contribution < -0.4 is 4.74 Å². The maximum absolute atomic E-state index is 12.0. The molecule has 1 aromatic carbocycles. The van der Waals surface area contributed by atoms with Crippen LogP contribution in [-0.4, -0.2) is 53.5 Å². The van der Waals surface area contributed by atoms with Crippen LogP contribution in [0.25, 0.3) is 22.6 Å². The highest BCUT2D eigenvalue weighted by Gasteiger charge is 2.20. The van der Waals surface area contributed by atoms with Gasteiger partial charge < -0.3 is 14.6 Å². The minimum atomic E-state index is -3.40. The molecule has 0 aliphatic rings. The first-order valence-corrected chi connectivity index (χ1v) is 17.5. The van der Waals surface area contributed by atoms with Gasteiger partial charge in [0.05, 0.1) is 29.6 Å². The second-order valence-electron chi connectivity index (χ2n) is 9.87. The second kappa shape index (κ2) is 11.1. The molecule has 196 valence electrons. The van der Waals surface area contributed by atoms with Crippen molar-refractivity contribution in [2.45, 2.75) is 51.0 Å². The number of aliphatic hydroxyl groups excluding tert-OH is 1. The van der Waals surface area contributed by atoms with Crippen LogP contribution >= 0.6 is 0 Å². The molecule has 4 aromatic rings. The van der Waals surface area contributed by atoms with E-state index in [0.29, 0.717) is 40.7 Å². The first kappa shape index (κ1) is 26.9. The van der Waals surface area contributed by atoms with Crippen LogP contribution in [0.15, 0.2) is 59.9 Å². The smallest absolute Gasteiger partial charge is 0.195 e. The average Bonchev–Trinajstić information content (AvgIpc) is 3.25. The van der Waals surface area contributed by atoms with Gasteiger partial charge in [-0.25, -0.2) is 18.4 Å². The van der Waals surface area contributed by atoms with Gasteiger partial charge in [0.15, 0.2) is 20.7 Å². The molecule has 0 aliphatic carbocycles. The van der Waals surface area contributed by atoms with E-state index in [2.05, 4.69) is 29.6 Å². The Morgan fingerprint density at radius 3 is 2.49 bits per heavy atom. The number of aliphatic hydroxyl groups is 1. The summed E-state index contributed by atoms with van der Waals surface area (Å²) in [6.45, 7) is 9.17. The summed E-state index contributed by atoms with van der Waals surface area (Å²) in [6.07, 6.45) is 3.08. The molecule has 0 amide bonds. The van der Waals surface area contributed by atoms with Crippen molar-refractivity contribution in [3.8, 4) is 23.0 Å². The van der Waals surface area contributed by atoms with Crippen molar-refractivity contribution in [1.29, 1.82) is 0 Å². The molecule has 0 spiro atoms. The summed E-state index contributed by atoms with van der Waals surface area (Å²) in [4.78, 5) is 13.3. The molecule has 3 aromatic heterocycles. The Labute approximate surface area is 218 Å². The lowest BCUT2D eigenvalue weighted by Crippen LogP contribution is -2.22. The van der Waals surface area contributed by atoms with Crippen molar-refractivity contribution < 1.29 is 23.0 Å². The van der Waals surface area contributed by atoms with Crippen LogP contribution in [0.1, 0.15) is 12.5 Å². The molecule has 0 saturated heterocycles. The zero-order valence-electron chi connectivity index (χ0n) is 21.5. The normalized spacial score (nSPS) is 12.2. The highest BCUT2D eigenvalue weighted by Crippen LogP contribution is 2.32. The number of benzene rings is 1. The molecule has 0 fully saturated rings. The Hall–Kier alpha value is -3.12. The topological polar surface area (TPSA) is 116 Å². The van der Waals surface area contributed by atoms with Crippen molar-refractivity contribution in [2.24, 2.45) is 0 Å². The van der Waals surface area contributed by atoms with Crippen LogP contribution in [0.2, 0.25) is 25.7 Å². The Bertz CT molecular complexity index is 1470. The van der Waals surface area contributed by atoms with Crippen molar-refractivity contribution >= 4 is 28.9 Å². The summed E-state index contributed by atoms with van der Waals surface area (Å²) >= 11 is 0. The van der Waals surface area contributed by atoms with Gasteiger partial charge in [-0.1, -0.05) is 32.6 Å². The quantitative estimate of drug-likeness (QED) is 0.211. The third-order valence-electron chi connectivity index (χ3n) is 5.82. The van der Waals surface area contributed by atoms with Crippen LogP contribution in [0, 0.1) is 0 Å². The number of imidazole rings is 1. The first-order valence-electron chi connectivity index (χ1n) is 12.1. The van der Waals surface area contributed by atoms with E-state index in [9.17, 15) is 13.5 Å². The number of hydrogen-bond acceptors (Lipinski definition) is 8. The van der Waals surface area contributed by atoms with Crippen molar-refractivity contribution in [2.75, 3.05) is 12.4 Å². The minimum absolute atomic E-state index is 0.00159. The van der Waals surface area contributed by atoms with Gasteiger partial charge in [0.2, 0.25) is 0 Å². The van der Waals surface area contributed by atoms with E-state index in [-0.39, 0.29) is 24.1 Å². The minimum Gasteiger partial charge on any atom is -0.456 e. The summed E-state index contributed by atoms with van der Waals surface area (Å²) in [5, 5.41) is 10.2. The number of pyridine rings is 2. The summed E-state index contributed by atoms with van der Waals surface area (Å²) < 4.78 is 38.0. The fourth-order valence-electron chi connectivity index (χ4n) is 3.75. The lowest BCUT2D eigenvalue weighted by molar-refractivity contribution is 0.0907. The van der Waals surface area contributed by atoms with Gasteiger partial charge in [0.25, 0.3) is 0 Å². The van der Waals surface area contributed by atoms with E-state index in [1.807, 2.05) is 22.8 Å². The van der Waals surface area contributed by atoms with Crippen molar-refractivity contribution in [3.63, 3.8) is 0 Å². The molecule has 0 radical (unpaired) electrons. The Balaban J connectivity index is 1.70. The molecule has 9 nitrogen and oxygen atoms in total. The fraction of sp³-hybridized carbons (Fsp3) is 0.346. The molecule has 11 heteroatoms. The number of sulfone groups is 1. The standard InChI is InChI=1S/C26H32N4O5SSi/c1-5-36(32,33)24-10-9-20(16-28-24)35-21-14-19(17-31)25-23(15-21)29-26(22-8-6-7-11-27-22)30(25)18-34-12-13-37(2,3)4/h6-11,14-16,31H,5,12-13,17-18H2,1-4H3. The molecular formula is C26H32N4O5SSi. The molecule has 0 unspecified atom stereocenters. The van der Waals surface area contributed by atoms with E-state index >= 15 is 0 Å². The molecule has 1 N–H and O–H groups in total. The highest BCUT2D eigenvalue weighted by molar-refractivity contribution is 7.91. The van der Waals surface area contributed by atoms with Crippen molar-refractivity contribution in [3.05, 3.63) is 60.4 Å². The summed E-state index contributed by atoms with van der Waals surface area (Å²) in [5.41, 5.74) is 2.67. The van der Waals surface area contributed by atoms with E-state index < -0.39 is 17.9 Å². The van der Waals surface area contributed by atoms with Crippen LogP contribution in [-0.2, 0) is 27.9 Å². The van der Waals surface area contributed by atoms with Crippen LogP contribution in [0.3, 0.4) is 0 Å². The van der Waals surface area contributed by atoms with Crippen molar-refractivity contribution in [1.82, 2.24) is 19.5 Å². The molecule has 37 heavy (non-hydrogen) atoms. The van der Waals surface area contributed by atoms with E-state index in [1.54, 1.807) is 31.3 Å². The average molecular weight is 541 g/mol. The van der Waals surface area contributed by atoms with Gasteiger partial charge in [-0.15, -0.1) is 0 Å². The molecule has 0 bridgehead atoms. The number of rotatable bonds is 11. The van der Waals surface area contributed by atoms with Gasteiger partial charge in [0.1, 0.15) is 23.9 Å². The Morgan fingerprint density at radius 2 is 1.86 bits per heavy atom. The SMILES string of the molecule is CCS(=O)(=O)c1ccc(Oc2cc(CO)c3c(c2)nc(-c2ccccn2)n3COCC[Si](C)(C)C)cn1. The fourth-order valence-corrected chi connectivity index (χ4v) is 5.29. The number of fused-ring (bicyclic) bond motifs is 1. The summed E-state index contributed by atoms with van der Waals surface area (Å²) in [5.74, 6) is 1.42. The molecule has 4 rings (SSSR count). The molecular weight excluding hydrogens is 508 g/mol. The largest absolute Gasteiger partial charge is 0.456 e. The Kier molecular flexibility index (Phi) is 8.07. The molecule has 0 aliphatic heterocycles. The lowest BCUT2D eigenvalue weighted by Gasteiger charge is -2.17. The van der Waals surface area contributed by atoms with Crippen LogP contribution in [0.5, 0.6) is 11.5 Å². The Morgan fingerprint density at radius 1 is 1.05 bits per heavy atom. The summed E-state index contributed by atoms with van der Waals surface area (Å²) in [6, 6.07) is 13.2. The first-order chi connectivity index (χ1) is 17.6. The predicted molar refractivity (Wildman–Crippen MR) is 145 cm³/mol. The lowest BCUT2D eigenvalue weighted by atomic mass is 10.2. The van der Waals surface area contributed by atoms with Gasteiger partial charge >= 0.3 is 0 Å². The predicted octanol–water partition coefficient (Wildman–Crippen LogP) is 4.88. The zero-order chi connectivity index (χ0) is 26.6. The maximum Gasteiger partial charge on any atom is 0.195 e. The molecule has 3 heterocycles. The monoisotopic (exact) mass is 540 g/mol. The number of aromatic nitrogens is 4. The molecule has 0 saturated carbocycles. The van der Waals surface area contributed by atoms with Gasteiger partial charge in [-0.2, -0.15) is 0 Å². The highest BCUT2D eigenvalue weighted by atomic mass is 32.2. The van der Waals surface area contributed by atoms with Gasteiger partial charge in [-0.05, 0) is 36.4 Å². The molecule has 0 atom stereocenters. The third kappa shape index (κ3) is 6.42. The number of ether oxygens (including phenoxy) is 2. The summed E-state index contributed by atoms with van der Waals surface area (Å²) in [7, 11) is -4.65. The number of hydrogen-bond donors (Lipinski definition) is 1. The third-order valence-corrected chi connectivity index (χ3v) is 9.16. The van der Waals surface area contributed by atoms with Gasteiger partial charge in [-0.3, -0.25) is 9.55 Å². The van der Waals surface area contributed by atoms with E-state index in [1.165, 1.54) is 12.3 Å². The zero-order valence-corrected chi connectivity index (χ0v) is 23.3. The van der Waals surface area contributed by atoms with Crippen LogP contribution in [0.4, 0.5) is 0 Å². The second-order valence-corrected chi connectivity index (χ2v) is 17.7. The van der Waals surface area contributed by atoms with E-state index in [4.69, 9.17) is 14.5 Å². The number of nitrogens with zero attached hydrogens (tertiary/aromatic N) is 4.